The molecule has 8 nitrogen and oxygen atoms in total. The molecule has 2 aliphatic heterocycles. The van der Waals surface area contributed by atoms with Crippen LogP contribution >= 0.6 is 0 Å². The third-order valence-corrected chi connectivity index (χ3v) is 4.96. The van der Waals surface area contributed by atoms with Gasteiger partial charge >= 0.3 is 0 Å². The average molecular weight is 371 g/mol. The quantitative estimate of drug-likeness (QED) is 0.810. The first-order chi connectivity index (χ1) is 13.2. The van der Waals surface area contributed by atoms with Gasteiger partial charge in [-0.1, -0.05) is 12.1 Å². The number of rotatable bonds is 5. The molecular weight excluding hydrogens is 346 g/mol. The van der Waals surface area contributed by atoms with Gasteiger partial charge in [-0.15, -0.1) is 0 Å². The molecule has 144 valence electrons. The SMILES string of the molecule is CO[C@@H]1CN(c2ccnc(N)n2)C[C@@H]1NCc1cccc2c1OCCCO2. The maximum Gasteiger partial charge on any atom is 0.221 e. The van der Waals surface area contributed by atoms with E-state index < -0.39 is 0 Å². The molecule has 0 unspecified atom stereocenters. The number of ether oxygens (including phenoxy) is 3. The zero-order valence-electron chi connectivity index (χ0n) is 15.4. The summed E-state index contributed by atoms with van der Waals surface area (Å²) in [5.74, 6) is 2.76. The van der Waals surface area contributed by atoms with Crippen molar-refractivity contribution >= 4 is 11.8 Å². The second-order valence-electron chi connectivity index (χ2n) is 6.73. The van der Waals surface area contributed by atoms with Gasteiger partial charge in [-0.3, -0.25) is 0 Å². The Morgan fingerprint density at radius 2 is 2.15 bits per heavy atom. The van der Waals surface area contributed by atoms with Crippen molar-refractivity contribution in [1.29, 1.82) is 0 Å². The second kappa shape index (κ2) is 7.98. The van der Waals surface area contributed by atoms with Crippen LogP contribution in [-0.4, -0.2) is 55.5 Å². The van der Waals surface area contributed by atoms with Crippen molar-refractivity contribution in [2.45, 2.75) is 25.1 Å². The first kappa shape index (κ1) is 17.8. The van der Waals surface area contributed by atoms with E-state index in [0.29, 0.717) is 19.8 Å². The lowest BCUT2D eigenvalue weighted by Crippen LogP contribution is -2.39. The number of anilines is 2. The van der Waals surface area contributed by atoms with Crippen LogP contribution in [0.5, 0.6) is 11.5 Å². The first-order valence-electron chi connectivity index (χ1n) is 9.21. The number of methoxy groups -OCH3 is 1. The molecule has 0 amide bonds. The van der Waals surface area contributed by atoms with Gasteiger partial charge in [0.15, 0.2) is 11.5 Å². The molecule has 1 saturated heterocycles. The van der Waals surface area contributed by atoms with Gasteiger partial charge in [0.2, 0.25) is 5.95 Å². The van der Waals surface area contributed by atoms with Crippen LogP contribution in [-0.2, 0) is 11.3 Å². The molecule has 0 bridgehead atoms. The van der Waals surface area contributed by atoms with Crippen molar-refractivity contribution in [3.05, 3.63) is 36.0 Å². The highest BCUT2D eigenvalue weighted by Crippen LogP contribution is 2.33. The molecule has 4 rings (SSSR count). The number of nitrogen functional groups attached to an aromatic ring is 1. The van der Waals surface area contributed by atoms with Crippen molar-refractivity contribution in [3.8, 4) is 11.5 Å². The van der Waals surface area contributed by atoms with E-state index in [1.54, 1.807) is 13.3 Å². The van der Waals surface area contributed by atoms with Crippen molar-refractivity contribution < 1.29 is 14.2 Å². The Hall–Kier alpha value is -2.58. The normalized spacial score (nSPS) is 21.9. The van der Waals surface area contributed by atoms with Crippen LogP contribution in [0.15, 0.2) is 30.5 Å². The molecule has 1 aromatic carbocycles. The van der Waals surface area contributed by atoms with Crippen molar-refractivity contribution in [2.75, 3.05) is 44.0 Å². The van der Waals surface area contributed by atoms with Gasteiger partial charge in [-0.25, -0.2) is 4.98 Å². The molecule has 2 aliphatic rings. The Bertz CT molecular complexity index is 788. The lowest BCUT2D eigenvalue weighted by Gasteiger charge is -2.20. The van der Waals surface area contributed by atoms with Gasteiger partial charge in [0.1, 0.15) is 5.82 Å². The molecule has 27 heavy (non-hydrogen) atoms. The molecule has 3 N–H and O–H groups in total. The van der Waals surface area contributed by atoms with E-state index in [9.17, 15) is 0 Å². The number of hydrogen-bond donors (Lipinski definition) is 2. The maximum absolute atomic E-state index is 5.91. The highest BCUT2D eigenvalue weighted by molar-refractivity contribution is 5.47. The van der Waals surface area contributed by atoms with E-state index >= 15 is 0 Å². The molecule has 8 heteroatoms. The van der Waals surface area contributed by atoms with Crippen LogP contribution in [0, 0.1) is 0 Å². The van der Waals surface area contributed by atoms with E-state index in [4.69, 9.17) is 19.9 Å². The van der Waals surface area contributed by atoms with Crippen LogP contribution in [0.4, 0.5) is 11.8 Å². The Kier molecular flexibility index (Phi) is 5.26. The van der Waals surface area contributed by atoms with Crippen molar-refractivity contribution in [3.63, 3.8) is 0 Å². The molecule has 0 aliphatic carbocycles. The standard InChI is InChI=1S/C19H25N5O3/c1-25-16-12-24(17-6-7-21-19(20)23-17)11-14(16)22-10-13-4-2-5-15-18(13)27-9-3-8-26-15/h2,4-7,14,16,22H,3,8-12H2,1H3,(H2,20,21,23)/t14-,16+/m0/s1. The topological polar surface area (TPSA) is 94.8 Å². The summed E-state index contributed by atoms with van der Waals surface area (Å²) in [6.45, 7) is 3.57. The third kappa shape index (κ3) is 3.91. The third-order valence-electron chi connectivity index (χ3n) is 4.96. The molecule has 0 saturated carbocycles. The van der Waals surface area contributed by atoms with E-state index in [-0.39, 0.29) is 18.1 Å². The van der Waals surface area contributed by atoms with E-state index in [2.05, 4.69) is 26.3 Å². The lowest BCUT2D eigenvalue weighted by atomic mass is 10.1. The van der Waals surface area contributed by atoms with E-state index in [1.165, 1.54) is 0 Å². The summed E-state index contributed by atoms with van der Waals surface area (Å²) in [6, 6.07) is 8.06. The van der Waals surface area contributed by atoms with Crippen LogP contribution in [0.25, 0.3) is 0 Å². The summed E-state index contributed by atoms with van der Waals surface area (Å²) in [6.07, 6.45) is 2.63. The summed E-state index contributed by atoms with van der Waals surface area (Å²) in [4.78, 5) is 10.4. The van der Waals surface area contributed by atoms with E-state index in [0.717, 1.165) is 42.4 Å². The molecule has 2 atom stereocenters. The maximum atomic E-state index is 5.91. The predicted molar refractivity (Wildman–Crippen MR) is 102 cm³/mol. The summed E-state index contributed by atoms with van der Waals surface area (Å²) < 4.78 is 17.4. The van der Waals surface area contributed by atoms with Crippen molar-refractivity contribution in [1.82, 2.24) is 15.3 Å². The van der Waals surface area contributed by atoms with Gasteiger partial charge < -0.3 is 30.2 Å². The summed E-state index contributed by atoms with van der Waals surface area (Å²) in [7, 11) is 1.74. The zero-order valence-corrected chi connectivity index (χ0v) is 15.4. The minimum atomic E-state index is 0.0562. The molecule has 3 heterocycles. The molecule has 2 aromatic rings. The fraction of sp³-hybridized carbons (Fsp3) is 0.474. The van der Waals surface area contributed by atoms with Crippen LogP contribution in [0.1, 0.15) is 12.0 Å². The fourth-order valence-electron chi connectivity index (χ4n) is 3.57. The molecular formula is C19H25N5O3. The number of nitrogens with one attached hydrogen (secondary N) is 1. The van der Waals surface area contributed by atoms with Gasteiger partial charge in [0.25, 0.3) is 0 Å². The van der Waals surface area contributed by atoms with Gasteiger partial charge in [0, 0.05) is 44.9 Å². The molecule has 0 spiro atoms. The number of para-hydroxylation sites is 1. The van der Waals surface area contributed by atoms with Gasteiger partial charge in [0.05, 0.1) is 25.4 Å². The number of benzene rings is 1. The van der Waals surface area contributed by atoms with E-state index in [1.807, 2.05) is 18.2 Å². The summed E-state index contributed by atoms with van der Waals surface area (Å²) >= 11 is 0. The number of aromatic nitrogens is 2. The van der Waals surface area contributed by atoms with Crippen LogP contribution in [0.3, 0.4) is 0 Å². The minimum absolute atomic E-state index is 0.0562. The Labute approximate surface area is 158 Å². The largest absolute Gasteiger partial charge is 0.490 e. The molecule has 1 fully saturated rings. The van der Waals surface area contributed by atoms with Crippen molar-refractivity contribution in [2.24, 2.45) is 0 Å². The fourth-order valence-corrected chi connectivity index (χ4v) is 3.57. The lowest BCUT2D eigenvalue weighted by molar-refractivity contribution is 0.0965. The Morgan fingerprint density at radius 3 is 3.00 bits per heavy atom. The summed E-state index contributed by atoms with van der Waals surface area (Å²) in [5.41, 5.74) is 6.81. The second-order valence-corrected chi connectivity index (χ2v) is 6.73. The zero-order chi connectivity index (χ0) is 18.6. The predicted octanol–water partition coefficient (Wildman–Crippen LogP) is 1.21. The molecule has 0 radical (unpaired) electrons. The van der Waals surface area contributed by atoms with Crippen LogP contribution < -0.4 is 25.4 Å². The van der Waals surface area contributed by atoms with Gasteiger partial charge in [-0.2, -0.15) is 4.98 Å². The monoisotopic (exact) mass is 371 g/mol. The number of hydrogen-bond acceptors (Lipinski definition) is 8. The number of nitrogens with zero attached hydrogens (tertiary/aromatic N) is 3. The van der Waals surface area contributed by atoms with Crippen LogP contribution in [0.2, 0.25) is 0 Å². The number of nitrogens with two attached hydrogens (primary N) is 1. The Balaban J connectivity index is 1.45. The highest BCUT2D eigenvalue weighted by atomic mass is 16.5. The number of fused-ring (bicyclic) bond motifs is 1. The first-order valence-corrected chi connectivity index (χ1v) is 9.21. The smallest absolute Gasteiger partial charge is 0.221 e. The molecule has 1 aromatic heterocycles. The van der Waals surface area contributed by atoms with Gasteiger partial charge in [-0.05, 0) is 12.1 Å². The average Bonchev–Trinajstić information content (AvgIpc) is 2.95. The summed E-state index contributed by atoms with van der Waals surface area (Å²) in [5, 5.41) is 3.61. The Morgan fingerprint density at radius 1 is 1.26 bits per heavy atom. The highest BCUT2D eigenvalue weighted by Gasteiger charge is 2.33. The minimum Gasteiger partial charge on any atom is -0.490 e.